The Hall–Kier alpha value is -1.57. The molecule has 1 saturated carbocycles. The first-order valence-electron chi connectivity index (χ1n) is 7.81. The molecule has 3 atom stereocenters. The fourth-order valence-electron chi connectivity index (χ4n) is 4.10. The van der Waals surface area contributed by atoms with Crippen LogP contribution in [0.25, 0.3) is 0 Å². The molecule has 3 unspecified atom stereocenters. The van der Waals surface area contributed by atoms with Gasteiger partial charge < -0.3 is 25.1 Å². The lowest BCUT2D eigenvalue weighted by Crippen LogP contribution is -2.62. The average Bonchev–Trinajstić information content (AvgIpc) is 2.97. The van der Waals surface area contributed by atoms with Crippen molar-refractivity contribution in [1.82, 2.24) is 0 Å². The first-order chi connectivity index (χ1) is 10.9. The molecule has 2 fully saturated rings. The molecular weight excluding hydrogens is 297 g/mol. The summed E-state index contributed by atoms with van der Waals surface area (Å²) in [5, 5.41) is 9.90. The van der Waals surface area contributed by atoms with E-state index < -0.39 is 23.2 Å². The predicted octanol–water partition coefficient (Wildman–Crippen LogP) is 0.0232. The van der Waals surface area contributed by atoms with Crippen molar-refractivity contribution in [3.05, 3.63) is 23.8 Å². The maximum atomic E-state index is 12.1. The van der Waals surface area contributed by atoms with Crippen LogP contribution in [0, 0.1) is 5.92 Å². The molecule has 3 aliphatic rings. The number of benzene rings is 1. The molecule has 1 aliphatic carbocycles. The summed E-state index contributed by atoms with van der Waals surface area (Å²) in [5.74, 6) is -1.77. The minimum absolute atomic E-state index is 0.273. The smallest absolute Gasteiger partial charge is 0.328 e. The molecule has 2 radical (unpaired) electrons. The van der Waals surface area contributed by atoms with Crippen LogP contribution in [0.5, 0.6) is 5.75 Å². The van der Waals surface area contributed by atoms with Gasteiger partial charge in [-0.2, -0.15) is 0 Å². The van der Waals surface area contributed by atoms with Crippen molar-refractivity contribution in [2.24, 2.45) is 11.7 Å². The number of aliphatic carboxylic acids is 1. The highest BCUT2D eigenvalue weighted by Gasteiger charge is 2.59. The second-order valence-electron chi connectivity index (χ2n) is 6.54. The fourth-order valence-corrected chi connectivity index (χ4v) is 4.10. The number of hydrogen-bond donors (Lipinski definition) is 2. The van der Waals surface area contributed by atoms with E-state index in [1.165, 1.54) is 0 Å². The number of ether oxygens (including phenoxy) is 3. The molecule has 0 aromatic heterocycles. The Labute approximate surface area is 135 Å². The third-order valence-corrected chi connectivity index (χ3v) is 5.27. The number of carboxylic acid groups (broad SMARTS) is 1. The van der Waals surface area contributed by atoms with Crippen LogP contribution in [0.15, 0.2) is 18.2 Å². The number of carboxylic acids is 1. The molecule has 1 spiro atoms. The Bertz CT molecular complexity index is 660. The molecule has 23 heavy (non-hydrogen) atoms. The van der Waals surface area contributed by atoms with E-state index in [9.17, 15) is 9.90 Å². The van der Waals surface area contributed by atoms with Gasteiger partial charge in [0.25, 0.3) is 0 Å². The first-order valence-corrected chi connectivity index (χ1v) is 7.81. The van der Waals surface area contributed by atoms with Crippen molar-refractivity contribution < 1.29 is 24.1 Å². The average molecular weight is 315 g/mol. The maximum Gasteiger partial charge on any atom is 0.328 e. The molecule has 2 heterocycles. The second kappa shape index (κ2) is 4.96. The fraction of sp³-hybridized carbons (Fsp3) is 0.562. The monoisotopic (exact) mass is 315 g/mol. The molecule has 6 nitrogen and oxygen atoms in total. The predicted molar refractivity (Wildman–Crippen MR) is 81.7 cm³/mol. The third kappa shape index (κ3) is 2.11. The van der Waals surface area contributed by atoms with Gasteiger partial charge in [0.05, 0.1) is 13.2 Å². The summed E-state index contributed by atoms with van der Waals surface area (Å²) < 4.78 is 17.6. The van der Waals surface area contributed by atoms with Crippen LogP contribution < -0.4 is 15.9 Å². The SMILES string of the molecule is [B]c1ccc2c(c1)C(N)(C(=O)O)C1CC3(CCC1O2)OCCO3. The number of nitrogens with two attached hydrogens (primary N) is 1. The number of fused-ring (bicyclic) bond motifs is 2. The zero-order chi connectivity index (χ0) is 16.2. The lowest BCUT2D eigenvalue weighted by molar-refractivity contribution is -0.212. The van der Waals surface area contributed by atoms with E-state index in [2.05, 4.69) is 0 Å². The highest BCUT2D eigenvalue weighted by atomic mass is 16.7. The molecule has 7 heteroatoms. The van der Waals surface area contributed by atoms with E-state index in [4.69, 9.17) is 27.8 Å². The number of carbonyl (C=O) groups is 1. The Balaban J connectivity index is 1.81. The molecule has 0 amide bonds. The zero-order valence-electron chi connectivity index (χ0n) is 12.7. The third-order valence-electron chi connectivity index (χ3n) is 5.27. The van der Waals surface area contributed by atoms with Crippen LogP contribution in [0.1, 0.15) is 24.8 Å². The molecule has 1 aromatic rings. The second-order valence-corrected chi connectivity index (χ2v) is 6.54. The lowest BCUT2D eigenvalue weighted by atomic mass is 9.66. The van der Waals surface area contributed by atoms with Gasteiger partial charge in [-0.25, -0.2) is 4.79 Å². The zero-order valence-corrected chi connectivity index (χ0v) is 12.7. The van der Waals surface area contributed by atoms with Crippen molar-refractivity contribution in [3.63, 3.8) is 0 Å². The quantitative estimate of drug-likeness (QED) is 0.710. The maximum absolute atomic E-state index is 12.1. The van der Waals surface area contributed by atoms with Gasteiger partial charge in [0, 0.05) is 24.3 Å². The van der Waals surface area contributed by atoms with Crippen molar-refractivity contribution in [2.45, 2.75) is 36.7 Å². The van der Waals surface area contributed by atoms with Gasteiger partial charge in [-0.3, -0.25) is 0 Å². The largest absolute Gasteiger partial charge is 0.490 e. The molecule has 1 saturated heterocycles. The number of rotatable bonds is 1. The highest BCUT2D eigenvalue weighted by Crippen LogP contribution is 2.51. The Morgan fingerprint density at radius 2 is 2.09 bits per heavy atom. The van der Waals surface area contributed by atoms with Gasteiger partial charge in [-0.15, -0.1) is 0 Å². The molecule has 120 valence electrons. The van der Waals surface area contributed by atoms with E-state index in [-0.39, 0.29) is 6.10 Å². The van der Waals surface area contributed by atoms with Crippen LogP contribution >= 0.6 is 0 Å². The van der Waals surface area contributed by atoms with Crippen LogP contribution in [0.2, 0.25) is 0 Å². The Kier molecular flexibility index (Phi) is 3.24. The van der Waals surface area contributed by atoms with Crippen molar-refractivity contribution in [3.8, 4) is 5.75 Å². The van der Waals surface area contributed by atoms with Crippen LogP contribution in [-0.4, -0.2) is 44.0 Å². The van der Waals surface area contributed by atoms with Crippen LogP contribution in [0.3, 0.4) is 0 Å². The van der Waals surface area contributed by atoms with Gasteiger partial charge in [0.15, 0.2) is 5.79 Å². The van der Waals surface area contributed by atoms with Gasteiger partial charge in [0.2, 0.25) is 0 Å². The topological polar surface area (TPSA) is 91.0 Å². The van der Waals surface area contributed by atoms with E-state index >= 15 is 0 Å². The van der Waals surface area contributed by atoms with Gasteiger partial charge >= 0.3 is 5.97 Å². The first kappa shape index (κ1) is 15.0. The molecule has 1 aromatic carbocycles. The lowest BCUT2D eigenvalue weighted by Gasteiger charge is -2.50. The van der Waals surface area contributed by atoms with Crippen molar-refractivity contribution in [2.75, 3.05) is 13.2 Å². The van der Waals surface area contributed by atoms with Gasteiger partial charge in [0.1, 0.15) is 25.2 Å². The standard InChI is InChI=1S/C16H18BNO5/c17-9-1-2-12-10(7-9)16(18,14(19)20)11-8-15(21-5-6-22-15)4-3-13(11)23-12/h1-2,7,11,13H,3-6,8,18H2,(H,19,20). The molecule has 3 N–H and O–H groups in total. The normalized spacial score (nSPS) is 34.5. The van der Waals surface area contributed by atoms with E-state index in [0.717, 1.165) is 0 Å². The van der Waals surface area contributed by atoms with E-state index in [1.807, 2.05) is 0 Å². The highest BCUT2D eigenvalue weighted by molar-refractivity contribution is 6.32. The molecular formula is C16H18BNO5. The summed E-state index contributed by atoms with van der Waals surface area (Å²) in [7, 11) is 5.83. The Morgan fingerprint density at radius 1 is 1.35 bits per heavy atom. The van der Waals surface area contributed by atoms with Gasteiger partial charge in [-0.05, 0) is 12.5 Å². The summed E-state index contributed by atoms with van der Waals surface area (Å²) in [5.41, 5.74) is 5.75. The van der Waals surface area contributed by atoms with Crippen LogP contribution in [0.4, 0.5) is 0 Å². The van der Waals surface area contributed by atoms with Crippen LogP contribution in [-0.2, 0) is 19.8 Å². The van der Waals surface area contributed by atoms with E-state index in [0.29, 0.717) is 49.3 Å². The summed E-state index contributed by atoms with van der Waals surface area (Å²) in [6, 6.07) is 4.98. The summed E-state index contributed by atoms with van der Waals surface area (Å²) in [4.78, 5) is 12.1. The summed E-state index contributed by atoms with van der Waals surface area (Å²) in [6.45, 7) is 1.04. The minimum Gasteiger partial charge on any atom is -0.490 e. The van der Waals surface area contributed by atoms with E-state index in [1.54, 1.807) is 18.2 Å². The Morgan fingerprint density at radius 3 is 2.78 bits per heavy atom. The van der Waals surface area contributed by atoms with Crippen molar-refractivity contribution >= 4 is 19.3 Å². The molecule has 0 bridgehead atoms. The molecule has 4 rings (SSSR count). The van der Waals surface area contributed by atoms with Gasteiger partial charge in [-0.1, -0.05) is 17.6 Å². The number of hydrogen-bond acceptors (Lipinski definition) is 5. The van der Waals surface area contributed by atoms with Crippen molar-refractivity contribution in [1.29, 1.82) is 0 Å². The minimum atomic E-state index is -1.57. The molecule has 2 aliphatic heterocycles. The summed E-state index contributed by atoms with van der Waals surface area (Å²) >= 11 is 0. The summed E-state index contributed by atoms with van der Waals surface area (Å²) in [6.07, 6.45) is 1.44.